The molecule has 0 unspecified atom stereocenters. The van der Waals surface area contributed by atoms with Crippen LogP contribution in [0.25, 0.3) is 0 Å². The van der Waals surface area contributed by atoms with Crippen molar-refractivity contribution in [2.45, 2.75) is 31.5 Å². The fourth-order valence-electron chi connectivity index (χ4n) is 2.53. The van der Waals surface area contributed by atoms with Crippen LogP contribution in [0, 0.1) is 0 Å². The van der Waals surface area contributed by atoms with E-state index in [0.29, 0.717) is 17.1 Å². The highest BCUT2D eigenvalue weighted by Crippen LogP contribution is 2.52. The third-order valence-electron chi connectivity index (χ3n) is 3.63. The van der Waals surface area contributed by atoms with Crippen molar-refractivity contribution in [3.05, 3.63) is 23.3 Å². The maximum absolute atomic E-state index is 12.9. The number of nitrogens with zero attached hydrogens (tertiary/aromatic N) is 1. The Labute approximate surface area is 103 Å². The number of carbonyl (C=O) groups excluding carboxylic acids is 1. The Balaban J connectivity index is 2.16. The van der Waals surface area contributed by atoms with Crippen LogP contribution in [0.3, 0.4) is 0 Å². The molecular weight excluding hydrogens is 237 g/mol. The monoisotopic (exact) mass is 249 g/mol. The highest BCUT2D eigenvalue weighted by molar-refractivity contribution is 5.55. The second-order valence-electron chi connectivity index (χ2n) is 4.60. The van der Waals surface area contributed by atoms with Crippen molar-refractivity contribution >= 4 is 6.08 Å². The van der Waals surface area contributed by atoms with E-state index in [0.717, 1.165) is 24.8 Å². The summed E-state index contributed by atoms with van der Waals surface area (Å²) in [5.74, 6) is 1.12. The number of isocyanates is 1. The zero-order chi connectivity index (χ0) is 12.6. The van der Waals surface area contributed by atoms with Crippen molar-refractivity contribution in [3.8, 4) is 11.5 Å². The lowest BCUT2D eigenvalue weighted by atomic mass is 9.71. The number of aliphatic imine (C=N–C) groups is 1. The van der Waals surface area contributed by atoms with Crippen LogP contribution in [0.15, 0.2) is 17.1 Å². The van der Waals surface area contributed by atoms with Gasteiger partial charge in [-0.15, -0.1) is 0 Å². The molecule has 0 radical (unpaired) electrons. The predicted molar refractivity (Wildman–Crippen MR) is 61.0 cm³/mol. The first-order valence-corrected chi connectivity index (χ1v) is 5.87. The summed E-state index contributed by atoms with van der Waals surface area (Å²) in [4.78, 5) is 14.5. The van der Waals surface area contributed by atoms with Crippen LogP contribution in [0.5, 0.6) is 11.5 Å². The molecule has 1 aromatic rings. The fourth-order valence-corrected chi connectivity index (χ4v) is 2.53. The van der Waals surface area contributed by atoms with Gasteiger partial charge in [-0.05, 0) is 37.0 Å². The first kappa shape index (κ1) is 11.2. The smallest absolute Gasteiger partial charge is 0.235 e. The number of rotatable bonds is 3. The van der Waals surface area contributed by atoms with Crippen molar-refractivity contribution in [1.29, 1.82) is 0 Å². The Bertz CT molecular complexity index is 533. The quantitative estimate of drug-likeness (QED) is 0.611. The highest BCUT2D eigenvalue weighted by Gasteiger charge is 2.43. The number of hydrogen-bond donors (Lipinski definition) is 0. The van der Waals surface area contributed by atoms with Crippen LogP contribution in [-0.2, 0) is 17.0 Å². The molecule has 18 heavy (non-hydrogen) atoms. The molecule has 0 saturated heterocycles. The molecule has 1 fully saturated rings. The van der Waals surface area contributed by atoms with Gasteiger partial charge in [0.15, 0.2) is 11.5 Å². The summed E-state index contributed by atoms with van der Waals surface area (Å²) in [6.07, 6.45) is 4.12. The van der Waals surface area contributed by atoms with E-state index in [9.17, 15) is 9.18 Å². The molecule has 1 aliphatic heterocycles. The van der Waals surface area contributed by atoms with Gasteiger partial charge in [0.2, 0.25) is 12.9 Å². The number of ether oxygens (including phenoxy) is 2. The third-order valence-corrected chi connectivity index (χ3v) is 3.63. The normalized spacial score (nSPS) is 18.9. The second-order valence-corrected chi connectivity index (χ2v) is 4.60. The zero-order valence-electron chi connectivity index (χ0n) is 9.74. The Morgan fingerprint density at radius 2 is 2.22 bits per heavy atom. The van der Waals surface area contributed by atoms with Gasteiger partial charge in [-0.2, -0.15) is 4.99 Å². The SMILES string of the molecule is O=C=NC1(c2cc(CF)cc3c2OCO3)CCC1. The molecule has 0 amide bonds. The van der Waals surface area contributed by atoms with E-state index >= 15 is 0 Å². The standard InChI is InChI=1S/C13H12FNO3/c14-6-9-4-10(12-11(5-9)17-8-18-12)13(15-7-16)2-1-3-13/h4-5H,1-3,6,8H2. The van der Waals surface area contributed by atoms with Crippen molar-refractivity contribution in [3.63, 3.8) is 0 Å². The van der Waals surface area contributed by atoms with Gasteiger partial charge in [-0.1, -0.05) is 0 Å². The molecule has 0 N–H and O–H groups in total. The number of alkyl halides is 1. The van der Waals surface area contributed by atoms with Crippen LogP contribution in [0.2, 0.25) is 0 Å². The first-order chi connectivity index (χ1) is 8.79. The Kier molecular flexibility index (Phi) is 2.56. The van der Waals surface area contributed by atoms with Gasteiger partial charge < -0.3 is 9.47 Å². The minimum atomic E-state index is -0.593. The Hall–Kier alpha value is -1.87. The average Bonchev–Trinajstić information content (AvgIpc) is 2.80. The van der Waals surface area contributed by atoms with Crippen molar-refractivity contribution < 1.29 is 18.7 Å². The lowest BCUT2D eigenvalue weighted by Gasteiger charge is -2.37. The molecule has 1 saturated carbocycles. The molecule has 1 heterocycles. The van der Waals surface area contributed by atoms with Gasteiger partial charge in [0.05, 0.1) is 0 Å². The number of halogens is 1. The molecule has 5 heteroatoms. The molecule has 0 atom stereocenters. The lowest BCUT2D eigenvalue weighted by Crippen LogP contribution is -2.32. The summed E-state index contributed by atoms with van der Waals surface area (Å²) in [7, 11) is 0. The minimum absolute atomic E-state index is 0.124. The molecule has 94 valence electrons. The van der Waals surface area contributed by atoms with Crippen LogP contribution < -0.4 is 9.47 Å². The number of benzene rings is 1. The van der Waals surface area contributed by atoms with E-state index in [1.165, 1.54) is 0 Å². The summed E-state index contributed by atoms with van der Waals surface area (Å²) in [6.45, 7) is -0.455. The maximum atomic E-state index is 12.9. The largest absolute Gasteiger partial charge is 0.454 e. The van der Waals surface area contributed by atoms with E-state index in [1.807, 2.05) is 0 Å². The molecule has 0 aromatic heterocycles. The molecule has 2 aliphatic rings. The molecule has 3 rings (SSSR count). The van der Waals surface area contributed by atoms with Gasteiger partial charge in [0.25, 0.3) is 0 Å². The minimum Gasteiger partial charge on any atom is -0.454 e. The highest BCUT2D eigenvalue weighted by atomic mass is 19.1. The molecular formula is C13H12FNO3. The predicted octanol–water partition coefficient (Wildman–Crippen LogP) is 2.60. The zero-order valence-corrected chi connectivity index (χ0v) is 9.74. The molecule has 0 spiro atoms. The average molecular weight is 249 g/mol. The van der Waals surface area contributed by atoms with Crippen molar-refractivity contribution in [2.24, 2.45) is 4.99 Å². The summed E-state index contributed by atoms with van der Waals surface area (Å²) in [5, 5.41) is 0. The van der Waals surface area contributed by atoms with Crippen LogP contribution in [0.4, 0.5) is 4.39 Å². The Morgan fingerprint density at radius 3 is 2.83 bits per heavy atom. The molecule has 0 bridgehead atoms. The second kappa shape index (κ2) is 4.10. The van der Waals surface area contributed by atoms with Crippen LogP contribution in [-0.4, -0.2) is 12.9 Å². The lowest BCUT2D eigenvalue weighted by molar-refractivity contribution is 0.168. The van der Waals surface area contributed by atoms with E-state index in [1.54, 1.807) is 18.2 Å². The Morgan fingerprint density at radius 1 is 1.39 bits per heavy atom. The van der Waals surface area contributed by atoms with E-state index < -0.39 is 12.2 Å². The van der Waals surface area contributed by atoms with Crippen LogP contribution >= 0.6 is 0 Å². The van der Waals surface area contributed by atoms with E-state index in [4.69, 9.17) is 9.47 Å². The van der Waals surface area contributed by atoms with Gasteiger partial charge in [-0.3, -0.25) is 0 Å². The van der Waals surface area contributed by atoms with Gasteiger partial charge in [-0.25, -0.2) is 9.18 Å². The summed E-state index contributed by atoms with van der Waals surface area (Å²) < 4.78 is 23.6. The van der Waals surface area contributed by atoms with Crippen molar-refractivity contribution in [1.82, 2.24) is 0 Å². The van der Waals surface area contributed by atoms with E-state index in [-0.39, 0.29) is 6.79 Å². The summed E-state index contributed by atoms with van der Waals surface area (Å²) >= 11 is 0. The van der Waals surface area contributed by atoms with Gasteiger partial charge in [0, 0.05) is 5.56 Å². The van der Waals surface area contributed by atoms with Crippen LogP contribution in [0.1, 0.15) is 30.4 Å². The number of fused-ring (bicyclic) bond motifs is 1. The summed E-state index contributed by atoms with van der Waals surface area (Å²) in [5.41, 5.74) is 0.673. The first-order valence-electron chi connectivity index (χ1n) is 5.87. The summed E-state index contributed by atoms with van der Waals surface area (Å²) in [6, 6.07) is 3.34. The maximum Gasteiger partial charge on any atom is 0.235 e. The van der Waals surface area contributed by atoms with E-state index in [2.05, 4.69) is 4.99 Å². The fraction of sp³-hybridized carbons (Fsp3) is 0.462. The molecule has 1 aliphatic carbocycles. The third kappa shape index (κ3) is 1.51. The topological polar surface area (TPSA) is 47.9 Å². The van der Waals surface area contributed by atoms with Gasteiger partial charge >= 0.3 is 0 Å². The molecule has 4 nitrogen and oxygen atoms in total. The van der Waals surface area contributed by atoms with Crippen molar-refractivity contribution in [2.75, 3.05) is 6.79 Å². The van der Waals surface area contributed by atoms with Gasteiger partial charge in [0.1, 0.15) is 12.2 Å². The molecule has 1 aromatic carbocycles. The number of hydrogen-bond acceptors (Lipinski definition) is 4.